The lowest BCUT2D eigenvalue weighted by atomic mass is 9.94. The quantitative estimate of drug-likeness (QED) is 0.226. The average Bonchev–Trinajstić information content (AvgIpc) is 3.18. The largest absolute Gasteiger partial charge is 0.507 e. The number of hydrogen-bond donors (Lipinski definition) is 1. The van der Waals surface area contributed by atoms with Crippen molar-refractivity contribution in [3.8, 4) is 11.5 Å². The third-order valence-corrected chi connectivity index (χ3v) is 5.86. The third-order valence-electron chi connectivity index (χ3n) is 5.86. The van der Waals surface area contributed by atoms with Crippen molar-refractivity contribution in [2.45, 2.75) is 13.0 Å². The number of carbonyl (C=O) groups is 3. The van der Waals surface area contributed by atoms with Crippen LogP contribution in [-0.4, -0.2) is 43.6 Å². The number of aliphatic hydroxyl groups is 1. The van der Waals surface area contributed by atoms with Crippen LogP contribution in [-0.2, 0) is 14.3 Å². The fourth-order valence-electron chi connectivity index (χ4n) is 4.22. The second kappa shape index (κ2) is 10.4. The van der Waals surface area contributed by atoms with Crippen LogP contribution in [0.1, 0.15) is 34.5 Å². The Morgan fingerprint density at radius 3 is 2.33 bits per heavy atom. The van der Waals surface area contributed by atoms with Crippen molar-refractivity contribution in [1.82, 2.24) is 0 Å². The Hall–Kier alpha value is -4.59. The number of Topliss-reactive ketones (excluding diaryl/α,β-unsaturated/α-hetero) is 1. The molecule has 36 heavy (non-hydrogen) atoms. The van der Waals surface area contributed by atoms with Gasteiger partial charge in [0.05, 0.1) is 38.0 Å². The van der Waals surface area contributed by atoms with Crippen LogP contribution in [0.5, 0.6) is 11.5 Å². The molecule has 1 N–H and O–H groups in total. The van der Waals surface area contributed by atoms with Gasteiger partial charge in [-0.25, -0.2) is 4.79 Å². The molecule has 8 nitrogen and oxygen atoms in total. The molecular weight excluding hydrogens is 462 g/mol. The minimum absolute atomic E-state index is 0.0878. The summed E-state index contributed by atoms with van der Waals surface area (Å²) < 4.78 is 15.8. The molecule has 1 aliphatic heterocycles. The Bertz CT molecular complexity index is 1340. The zero-order chi connectivity index (χ0) is 25.8. The molecule has 1 aliphatic rings. The number of amides is 1. The second-order valence-electron chi connectivity index (χ2n) is 7.91. The molecular formula is C28H25NO7. The first kappa shape index (κ1) is 24.5. The Morgan fingerprint density at radius 2 is 1.67 bits per heavy atom. The summed E-state index contributed by atoms with van der Waals surface area (Å²) >= 11 is 0. The Morgan fingerprint density at radius 1 is 0.944 bits per heavy atom. The van der Waals surface area contributed by atoms with E-state index in [0.717, 1.165) is 0 Å². The summed E-state index contributed by atoms with van der Waals surface area (Å²) in [5.41, 5.74) is 1.41. The van der Waals surface area contributed by atoms with Crippen LogP contribution in [0.3, 0.4) is 0 Å². The molecule has 184 valence electrons. The maximum atomic E-state index is 13.4. The van der Waals surface area contributed by atoms with Crippen molar-refractivity contribution in [3.63, 3.8) is 0 Å². The van der Waals surface area contributed by atoms with Gasteiger partial charge in [-0.1, -0.05) is 30.3 Å². The Balaban J connectivity index is 1.92. The predicted octanol–water partition coefficient (Wildman–Crippen LogP) is 4.51. The maximum absolute atomic E-state index is 13.4. The molecule has 3 aromatic rings. The number of anilines is 1. The summed E-state index contributed by atoms with van der Waals surface area (Å²) in [7, 11) is 2.76. The summed E-state index contributed by atoms with van der Waals surface area (Å²) in [6.45, 7) is 2.27. The van der Waals surface area contributed by atoms with Gasteiger partial charge >= 0.3 is 5.97 Å². The monoisotopic (exact) mass is 487 g/mol. The number of nitrogens with zero attached hydrogens (tertiary/aromatic N) is 1. The minimum Gasteiger partial charge on any atom is -0.507 e. The molecule has 0 aliphatic carbocycles. The summed E-state index contributed by atoms with van der Waals surface area (Å²) in [5, 5.41) is 11.3. The van der Waals surface area contributed by atoms with Gasteiger partial charge in [0, 0.05) is 16.8 Å². The first-order valence-electron chi connectivity index (χ1n) is 11.3. The van der Waals surface area contributed by atoms with Crippen LogP contribution < -0.4 is 14.4 Å². The minimum atomic E-state index is -0.985. The van der Waals surface area contributed by atoms with Crippen LogP contribution in [0.25, 0.3) is 5.76 Å². The lowest BCUT2D eigenvalue weighted by Gasteiger charge is -2.26. The number of carbonyl (C=O) groups excluding carboxylic acids is 3. The van der Waals surface area contributed by atoms with E-state index in [0.29, 0.717) is 40.5 Å². The molecule has 0 radical (unpaired) electrons. The van der Waals surface area contributed by atoms with Crippen molar-refractivity contribution in [2.75, 3.05) is 25.7 Å². The smallest absolute Gasteiger partial charge is 0.337 e. The van der Waals surface area contributed by atoms with E-state index >= 15 is 0 Å². The molecule has 8 heteroatoms. The van der Waals surface area contributed by atoms with Crippen molar-refractivity contribution < 1.29 is 33.7 Å². The molecule has 0 aromatic heterocycles. The number of esters is 1. The highest BCUT2D eigenvalue weighted by molar-refractivity contribution is 6.51. The van der Waals surface area contributed by atoms with E-state index in [9.17, 15) is 19.5 Å². The first-order chi connectivity index (χ1) is 17.4. The second-order valence-corrected chi connectivity index (χ2v) is 7.91. The normalized spacial score (nSPS) is 16.6. The SMILES string of the molecule is CCOc1cccc(/C(O)=C2\C(=O)C(=O)N(c3ccc(C(=O)OC)cc3)C2c2ccccc2OC)c1. The standard InChI is InChI=1S/C28H25NO7/c1-4-36-20-9-7-8-18(16-20)25(30)23-24(21-10-5-6-11-22(21)34-2)29(27(32)26(23)31)19-14-12-17(13-15-19)28(33)35-3/h5-16,24,30H,4H2,1-3H3/b25-23+. The number of aliphatic hydroxyl groups excluding tert-OH is 1. The van der Waals surface area contributed by atoms with Gasteiger partial charge in [-0.3, -0.25) is 14.5 Å². The molecule has 1 atom stereocenters. The fourth-order valence-corrected chi connectivity index (χ4v) is 4.22. The van der Waals surface area contributed by atoms with Crippen molar-refractivity contribution >= 4 is 29.1 Å². The number of rotatable bonds is 7. The highest BCUT2D eigenvalue weighted by Crippen LogP contribution is 2.45. The van der Waals surface area contributed by atoms with Crippen LogP contribution in [0.4, 0.5) is 5.69 Å². The molecule has 0 bridgehead atoms. The van der Waals surface area contributed by atoms with E-state index in [1.54, 1.807) is 60.7 Å². The first-order valence-corrected chi connectivity index (χ1v) is 11.3. The van der Waals surface area contributed by atoms with Crippen LogP contribution >= 0.6 is 0 Å². The summed E-state index contributed by atoms with van der Waals surface area (Å²) in [4.78, 5) is 39.9. The summed E-state index contributed by atoms with van der Waals surface area (Å²) in [6.07, 6.45) is 0. The van der Waals surface area contributed by atoms with Crippen molar-refractivity contribution in [1.29, 1.82) is 0 Å². The molecule has 1 heterocycles. The Labute approximate surface area is 208 Å². The lowest BCUT2D eigenvalue weighted by molar-refractivity contribution is -0.132. The van der Waals surface area contributed by atoms with E-state index in [1.807, 2.05) is 6.92 Å². The van der Waals surface area contributed by atoms with Gasteiger partial charge < -0.3 is 19.3 Å². The van der Waals surface area contributed by atoms with E-state index < -0.39 is 23.7 Å². The number of methoxy groups -OCH3 is 2. The van der Waals surface area contributed by atoms with Crippen molar-refractivity contribution in [3.05, 3.63) is 95.1 Å². The molecule has 0 saturated carbocycles. The average molecular weight is 488 g/mol. The predicted molar refractivity (Wildman–Crippen MR) is 133 cm³/mol. The number of hydrogen-bond acceptors (Lipinski definition) is 7. The van der Waals surface area contributed by atoms with E-state index in [-0.39, 0.29) is 11.3 Å². The molecule has 1 saturated heterocycles. The number of ketones is 1. The molecule has 1 unspecified atom stereocenters. The van der Waals surface area contributed by atoms with Gasteiger partial charge in [0.25, 0.3) is 11.7 Å². The van der Waals surface area contributed by atoms with Gasteiger partial charge in [-0.05, 0) is 49.4 Å². The van der Waals surface area contributed by atoms with Gasteiger partial charge in [0.15, 0.2) is 0 Å². The number of para-hydroxylation sites is 1. The van der Waals surface area contributed by atoms with E-state index in [4.69, 9.17) is 14.2 Å². The molecule has 0 spiro atoms. The molecule has 1 amide bonds. The van der Waals surface area contributed by atoms with Gasteiger partial charge in [-0.2, -0.15) is 0 Å². The molecule has 4 rings (SSSR count). The van der Waals surface area contributed by atoms with Crippen LogP contribution in [0.15, 0.2) is 78.4 Å². The topological polar surface area (TPSA) is 102 Å². The van der Waals surface area contributed by atoms with Crippen LogP contribution in [0.2, 0.25) is 0 Å². The number of benzene rings is 3. The highest BCUT2D eigenvalue weighted by Gasteiger charge is 2.48. The zero-order valence-corrected chi connectivity index (χ0v) is 20.1. The van der Waals surface area contributed by atoms with Gasteiger partial charge in [0.1, 0.15) is 17.3 Å². The van der Waals surface area contributed by atoms with E-state index in [2.05, 4.69) is 0 Å². The highest BCUT2D eigenvalue weighted by atomic mass is 16.5. The van der Waals surface area contributed by atoms with Crippen LogP contribution in [0, 0.1) is 0 Å². The zero-order valence-electron chi connectivity index (χ0n) is 20.1. The Kier molecular flexibility index (Phi) is 7.05. The summed E-state index contributed by atoms with van der Waals surface area (Å²) in [6, 6.07) is 18.8. The molecule has 3 aromatic carbocycles. The van der Waals surface area contributed by atoms with E-state index in [1.165, 1.54) is 31.3 Å². The third kappa shape index (κ3) is 4.40. The summed E-state index contributed by atoms with van der Waals surface area (Å²) in [5.74, 6) is -1.57. The van der Waals surface area contributed by atoms with Crippen molar-refractivity contribution in [2.24, 2.45) is 0 Å². The molecule has 1 fully saturated rings. The number of ether oxygens (including phenoxy) is 3. The van der Waals surface area contributed by atoms with Gasteiger partial charge in [-0.15, -0.1) is 0 Å². The lowest BCUT2D eigenvalue weighted by Crippen LogP contribution is -2.29. The maximum Gasteiger partial charge on any atom is 0.337 e. The fraction of sp³-hybridized carbons (Fsp3) is 0.179. The van der Waals surface area contributed by atoms with Gasteiger partial charge in [0.2, 0.25) is 0 Å².